The standard InChI is InChI=1S/C10H15N.2ClH/c1-9-5-2-3-6-10(9)7-4-8-11;;/h2-3,5-6H,4,7-8,11H2,1H3;2*1H. The second-order valence-electron chi connectivity index (χ2n) is 2.82. The number of benzene rings is 1. The summed E-state index contributed by atoms with van der Waals surface area (Å²) in [5.74, 6) is 0. The van der Waals surface area contributed by atoms with Crippen LogP contribution in [0.1, 0.15) is 17.5 Å². The summed E-state index contributed by atoms with van der Waals surface area (Å²) in [5, 5.41) is 0. The third-order valence-corrected chi connectivity index (χ3v) is 1.91. The van der Waals surface area contributed by atoms with Crippen LogP contribution in [0.15, 0.2) is 24.3 Å². The van der Waals surface area contributed by atoms with Gasteiger partial charge in [0.15, 0.2) is 0 Å². The molecule has 0 aliphatic rings. The molecule has 0 spiro atoms. The molecule has 0 saturated heterocycles. The van der Waals surface area contributed by atoms with E-state index in [1.807, 2.05) is 0 Å². The number of nitrogens with two attached hydrogens (primary N) is 1. The van der Waals surface area contributed by atoms with Crippen molar-refractivity contribution in [2.45, 2.75) is 19.8 Å². The molecule has 0 aliphatic heterocycles. The van der Waals surface area contributed by atoms with Crippen molar-refractivity contribution in [2.75, 3.05) is 6.54 Å². The van der Waals surface area contributed by atoms with Gasteiger partial charge in [0, 0.05) is 0 Å². The zero-order chi connectivity index (χ0) is 8.10. The molecule has 0 saturated carbocycles. The second-order valence-corrected chi connectivity index (χ2v) is 2.82. The summed E-state index contributed by atoms with van der Waals surface area (Å²) in [6.45, 7) is 2.93. The predicted octanol–water partition coefficient (Wildman–Crippen LogP) is 2.73. The predicted molar refractivity (Wildman–Crippen MR) is 63.1 cm³/mol. The van der Waals surface area contributed by atoms with E-state index in [1.54, 1.807) is 0 Å². The molecule has 1 rings (SSSR count). The summed E-state index contributed by atoms with van der Waals surface area (Å²) in [6.07, 6.45) is 2.20. The molecule has 2 N–H and O–H groups in total. The van der Waals surface area contributed by atoms with Crippen molar-refractivity contribution in [3.63, 3.8) is 0 Å². The molecular formula is C10H17Cl2N. The van der Waals surface area contributed by atoms with E-state index in [9.17, 15) is 0 Å². The molecule has 0 heterocycles. The van der Waals surface area contributed by atoms with E-state index < -0.39 is 0 Å². The first-order valence-electron chi connectivity index (χ1n) is 4.09. The van der Waals surface area contributed by atoms with Crippen molar-refractivity contribution < 1.29 is 0 Å². The van der Waals surface area contributed by atoms with Gasteiger partial charge < -0.3 is 5.73 Å². The van der Waals surface area contributed by atoms with Crippen molar-refractivity contribution in [2.24, 2.45) is 5.73 Å². The van der Waals surface area contributed by atoms with Crippen LogP contribution in [0.4, 0.5) is 0 Å². The van der Waals surface area contributed by atoms with Gasteiger partial charge in [-0.25, -0.2) is 0 Å². The first-order valence-corrected chi connectivity index (χ1v) is 4.09. The van der Waals surface area contributed by atoms with Gasteiger partial charge in [-0.3, -0.25) is 0 Å². The largest absolute Gasteiger partial charge is 0.330 e. The van der Waals surface area contributed by atoms with Gasteiger partial charge in [-0.1, -0.05) is 24.3 Å². The van der Waals surface area contributed by atoms with Crippen molar-refractivity contribution in [1.82, 2.24) is 0 Å². The molecule has 3 heteroatoms. The molecular weight excluding hydrogens is 205 g/mol. The van der Waals surface area contributed by atoms with Crippen LogP contribution in [0.2, 0.25) is 0 Å². The summed E-state index contributed by atoms with van der Waals surface area (Å²) < 4.78 is 0. The summed E-state index contributed by atoms with van der Waals surface area (Å²) in [5.41, 5.74) is 8.23. The molecule has 76 valence electrons. The fraction of sp³-hybridized carbons (Fsp3) is 0.400. The number of hydrogen-bond acceptors (Lipinski definition) is 1. The van der Waals surface area contributed by atoms with E-state index in [4.69, 9.17) is 5.73 Å². The van der Waals surface area contributed by atoms with Crippen molar-refractivity contribution in [3.05, 3.63) is 35.4 Å². The minimum Gasteiger partial charge on any atom is -0.330 e. The smallest absolute Gasteiger partial charge is 0.00741 e. The molecule has 0 radical (unpaired) electrons. The Hall–Kier alpha value is -0.240. The molecule has 0 atom stereocenters. The highest BCUT2D eigenvalue weighted by Gasteiger charge is 1.94. The number of rotatable bonds is 3. The van der Waals surface area contributed by atoms with Crippen molar-refractivity contribution in [1.29, 1.82) is 0 Å². The Morgan fingerprint density at radius 3 is 2.31 bits per heavy atom. The molecule has 0 amide bonds. The summed E-state index contributed by atoms with van der Waals surface area (Å²) in [7, 11) is 0. The lowest BCUT2D eigenvalue weighted by Crippen LogP contribution is -2.00. The molecule has 1 aromatic rings. The topological polar surface area (TPSA) is 26.0 Å². The Kier molecular flexibility index (Phi) is 9.80. The lowest BCUT2D eigenvalue weighted by molar-refractivity contribution is 0.828. The Bertz CT molecular complexity index is 226. The van der Waals surface area contributed by atoms with Crippen LogP contribution in [0.3, 0.4) is 0 Å². The summed E-state index contributed by atoms with van der Waals surface area (Å²) >= 11 is 0. The Morgan fingerprint density at radius 1 is 1.15 bits per heavy atom. The van der Waals surface area contributed by atoms with Crippen LogP contribution in [-0.4, -0.2) is 6.54 Å². The summed E-state index contributed by atoms with van der Waals surface area (Å²) in [4.78, 5) is 0. The Morgan fingerprint density at radius 2 is 1.77 bits per heavy atom. The van der Waals surface area contributed by atoms with E-state index in [0.717, 1.165) is 19.4 Å². The Balaban J connectivity index is 0. The monoisotopic (exact) mass is 221 g/mol. The van der Waals surface area contributed by atoms with E-state index in [1.165, 1.54) is 11.1 Å². The van der Waals surface area contributed by atoms with Gasteiger partial charge in [-0.15, -0.1) is 24.8 Å². The maximum atomic E-state index is 5.43. The highest BCUT2D eigenvalue weighted by Crippen LogP contribution is 2.08. The van der Waals surface area contributed by atoms with Crippen LogP contribution < -0.4 is 5.73 Å². The van der Waals surface area contributed by atoms with Gasteiger partial charge in [-0.05, 0) is 37.4 Å². The highest BCUT2D eigenvalue weighted by atomic mass is 35.5. The second kappa shape index (κ2) is 8.36. The van der Waals surface area contributed by atoms with Crippen molar-refractivity contribution in [3.8, 4) is 0 Å². The lowest BCUT2D eigenvalue weighted by Gasteiger charge is -2.02. The molecule has 0 aromatic heterocycles. The SMILES string of the molecule is Cc1ccccc1CCCN.Cl.Cl. The van der Waals surface area contributed by atoms with Crippen molar-refractivity contribution >= 4 is 24.8 Å². The van der Waals surface area contributed by atoms with Gasteiger partial charge in [-0.2, -0.15) is 0 Å². The number of aryl methyl sites for hydroxylation is 2. The third-order valence-electron chi connectivity index (χ3n) is 1.91. The molecule has 1 aromatic carbocycles. The van der Waals surface area contributed by atoms with E-state index in [2.05, 4.69) is 31.2 Å². The zero-order valence-corrected chi connectivity index (χ0v) is 9.46. The minimum absolute atomic E-state index is 0. The maximum absolute atomic E-state index is 5.43. The molecule has 0 bridgehead atoms. The molecule has 0 fully saturated rings. The fourth-order valence-electron chi connectivity index (χ4n) is 1.18. The van der Waals surface area contributed by atoms with Gasteiger partial charge >= 0.3 is 0 Å². The van der Waals surface area contributed by atoms with Crippen LogP contribution in [-0.2, 0) is 6.42 Å². The maximum Gasteiger partial charge on any atom is -0.00741 e. The first kappa shape index (κ1) is 15.2. The van der Waals surface area contributed by atoms with Gasteiger partial charge in [0.2, 0.25) is 0 Å². The zero-order valence-electron chi connectivity index (χ0n) is 7.82. The first-order chi connectivity index (χ1) is 5.34. The van der Waals surface area contributed by atoms with E-state index in [-0.39, 0.29) is 24.8 Å². The van der Waals surface area contributed by atoms with E-state index >= 15 is 0 Å². The third kappa shape index (κ3) is 5.14. The van der Waals surface area contributed by atoms with Gasteiger partial charge in [0.1, 0.15) is 0 Å². The molecule has 0 unspecified atom stereocenters. The quantitative estimate of drug-likeness (QED) is 0.836. The average Bonchev–Trinajstić information content (AvgIpc) is 2.03. The fourth-order valence-corrected chi connectivity index (χ4v) is 1.18. The normalized spacial score (nSPS) is 8.46. The number of hydrogen-bond donors (Lipinski definition) is 1. The average molecular weight is 222 g/mol. The van der Waals surface area contributed by atoms with Gasteiger partial charge in [0.25, 0.3) is 0 Å². The van der Waals surface area contributed by atoms with E-state index in [0.29, 0.717) is 0 Å². The number of halogens is 2. The summed E-state index contributed by atoms with van der Waals surface area (Å²) in [6, 6.07) is 8.47. The Labute approximate surface area is 92.5 Å². The molecule has 13 heavy (non-hydrogen) atoms. The lowest BCUT2D eigenvalue weighted by atomic mass is 10.0. The molecule has 1 nitrogen and oxygen atoms in total. The minimum atomic E-state index is 0. The van der Waals surface area contributed by atoms with Crippen LogP contribution >= 0.6 is 24.8 Å². The van der Waals surface area contributed by atoms with Gasteiger partial charge in [0.05, 0.1) is 0 Å². The van der Waals surface area contributed by atoms with Crippen LogP contribution in [0.5, 0.6) is 0 Å². The van der Waals surface area contributed by atoms with Crippen LogP contribution in [0.25, 0.3) is 0 Å². The van der Waals surface area contributed by atoms with Crippen LogP contribution in [0, 0.1) is 6.92 Å². The molecule has 0 aliphatic carbocycles. The highest BCUT2D eigenvalue weighted by molar-refractivity contribution is 5.85.